The van der Waals surface area contributed by atoms with E-state index in [1.165, 1.54) is 34.6 Å². The zero-order chi connectivity index (χ0) is 18.5. The Bertz CT molecular complexity index is 931. The molecule has 1 amide bonds. The van der Waals surface area contributed by atoms with Gasteiger partial charge >= 0.3 is 0 Å². The molecule has 0 radical (unpaired) electrons. The molecule has 3 rings (SSSR count). The second kappa shape index (κ2) is 7.96. The lowest BCUT2D eigenvalue weighted by atomic mass is 10.2. The maximum Gasteiger partial charge on any atom is 0.234 e. The zero-order valence-electron chi connectivity index (χ0n) is 14.1. The van der Waals surface area contributed by atoms with E-state index in [1.54, 1.807) is 20.1 Å². The summed E-state index contributed by atoms with van der Waals surface area (Å²) in [5.41, 5.74) is 1.90. The van der Waals surface area contributed by atoms with Crippen molar-refractivity contribution in [2.24, 2.45) is 0 Å². The SMILES string of the molecule is COc1ccccc1-n1nnnc1SCC(=O)Nc1ccc(F)cc1C. The maximum atomic E-state index is 13.1. The van der Waals surface area contributed by atoms with Gasteiger partial charge in [-0.15, -0.1) is 5.10 Å². The van der Waals surface area contributed by atoms with Gasteiger partial charge in [-0.3, -0.25) is 4.79 Å². The standard InChI is InChI=1S/C17H16FN5O2S/c1-11-9-12(18)7-8-13(11)19-16(24)10-26-17-20-21-22-23(17)14-5-3-4-6-15(14)25-2/h3-9H,10H2,1-2H3,(H,19,24). The summed E-state index contributed by atoms with van der Waals surface area (Å²) < 4.78 is 20.0. The number of thioether (sulfide) groups is 1. The van der Waals surface area contributed by atoms with Crippen LogP contribution in [0.2, 0.25) is 0 Å². The number of tetrazole rings is 1. The molecule has 134 valence electrons. The molecular formula is C17H16FN5O2S. The largest absolute Gasteiger partial charge is 0.494 e. The number of amides is 1. The minimum absolute atomic E-state index is 0.104. The van der Waals surface area contributed by atoms with Crippen LogP contribution >= 0.6 is 11.8 Å². The monoisotopic (exact) mass is 373 g/mol. The Morgan fingerprint density at radius 1 is 1.31 bits per heavy atom. The van der Waals surface area contributed by atoms with Gasteiger partial charge in [0.15, 0.2) is 0 Å². The number of nitrogens with zero attached hydrogens (tertiary/aromatic N) is 4. The van der Waals surface area contributed by atoms with Gasteiger partial charge in [-0.1, -0.05) is 23.9 Å². The Hall–Kier alpha value is -2.94. The van der Waals surface area contributed by atoms with Crippen LogP contribution in [0.25, 0.3) is 5.69 Å². The number of rotatable bonds is 6. The van der Waals surface area contributed by atoms with Crippen molar-refractivity contribution in [3.8, 4) is 11.4 Å². The minimum Gasteiger partial charge on any atom is -0.494 e. The van der Waals surface area contributed by atoms with Gasteiger partial charge in [0.05, 0.1) is 12.9 Å². The second-order valence-electron chi connectivity index (χ2n) is 5.34. The van der Waals surface area contributed by atoms with Crippen molar-refractivity contribution in [1.29, 1.82) is 0 Å². The fourth-order valence-corrected chi connectivity index (χ4v) is 2.99. The van der Waals surface area contributed by atoms with Crippen LogP contribution in [0.15, 0.2) is 47.6 Å². The van der Waals surface area contributed by atoms with Crippen LogP contribution < -0.4 is 10.1 Å². The predicted molar refractivity (Wildman–Crippen MR) is 96.2 cm³/mol. The number of nitrogens with one attached hydrogen (secondary N) is 1. The Kier molecular flexibility index (Phi) is 5.47. The molecule has 0 fully saturated rings. The lowest BCUT2D eigenvalue weighted by Gasteiger charge is -2.10. The van der Waals surface area contributed by atoms with Gasteiger partial charge in [0.25, 0.3) is 0 Å². The van der Waals surface area contributed by atoms with Crippen molar-refractivity contribution in [2.75, 3.05) is 18.2 Å². The van der Waals surface area contributed by atoms with E-state index in [1.807, 2.05) is 18.2 Å². The number of ether oxygens (including phenoxy) is 1. The zero-order valence-corrected chi connectivity index (χ0v) is 15.0. The number of para-hydroxylation sites is 2. The third-order valence-electron chi connectivity index (χ3n) is 3.55. The molecular weight excluding hydrogens is 357 g/mol. The van der Waals surface area contributed by atoms with Crippen LogP contribution in [0.4, 0.5) is 10.1 Å². The first-order valence-corrected chi connectivity index (χ1v) is 8.67. The molecule has 0 aliphatic carbocycles. The Morgan fingerprint density at radius 2 is 2.12 bits per heavy atom. The van der Waals surface area contributed by atoms with E-state index in [9.17, 15) is 9.18 Å². The summed E-state index contributed by atoms with van der Waals surface area (Å²) in [4.78, 5) is 12.2. The number of hydrogen-bond acceptors (Lipinski definition) is 6. The molecule has 0 atom stereocenters. The van der Waals surface area contributed by atoms with Crippen molar-refractivity contribution in [2.45, 2.75) is 12.1 Å². The Labute approximate surface area is 153 Å². The molecule has 0 bridgehead atoms. The first-order valence-electron chi connectivity index (χ1n) is 7.69. The Morgan fingerprint density at radius 3 is 2.88 bits per heavy atom. The molecule has 7 nitrogen and oxygen atoms in total. The number of aryl methyl sites for hydroxylation is 1. The number of benzene rings is 2. The quantitative estimate of drug-likeness (QED) is 0.669. The Balaban J connectivity index is 1.69. The van der Waals surface area contributed by atoms with Crippen LogP contribution in [0.1, 0.15) is 5.56 Å². The second-order valence-corrected chi connectivity index (χ2v) is 6.28. The number of hydrogen-bond donors (Lipinski definition) is 1. The van der Waals surface area contributed by atoms with Crippen LogP contribution in [-0.4, -0.2) is 39.0 Å². The lowest BCUT2D eigenvalue weighted by molar-refractivity contribution is -0.113. The lowest BCUT2D eigenvalue weighted by Crippen LogP contribution is -2.15. The van der Waals surface area contributed by atoms with Crippen LogP contribution in [0.3, 0.4) is 0 Å². The third kappa shape index (κ3) is 3.99. The van der Waals surface area contributed by atoms with Crippen LogP contribution in [-0.2, 0) is 4.79 Å². The summed E-state index contributed by atoms with van der Waals surface area (Å²) in [6, 6.07) is 11.5. The average molecular weight is 373 g/mol. The third-order valence-corrected chi connectivity index (χ3v) is 4.47. The molecule has 26 heavy (non-hydrogen) atoms. The summed E-state index contributed by atoms with van der Waals surface area (Å²) in [6.07, 6.45) is 0. The van der Waals surface area contributed by atoms with E-state index < -0.39 is 0 Å². The normalized spacial score (nSPS) is 10.6. The van der Waals surface area contributed by atoms with E-state index in [2.05, 4.69) is 20.8 Å². The summed E-state index contributed by atoms with van der Waals surface area (Å²) in [5, 5.41) is 14.8. The van der Waals surface area contributed by atoms with Gasteiger partial charge in [-0.05, 0) is 53.2 Å². The van der Waals surface area contributed by atoms with Gasteiger partial charge in [-0.2, -0.15) is 4.68 Å². The van der Waals surface area contributed by atoms with E-state index in [0.29, 0.717) is 27.8 Å². The molecule has 0 saturated heterocycles. The maximum absolute atomic E-state index is 13.1. The molecule has 2 aromatic carbocycles. The fourth-order valence-electron chi connectivity index (χ4n) is 2.31. The molecule has 9 heteroatoms. The van der Waals surface area contributed by atoms with E-state index in [-0.39, 0.29) is 17.5 Å². The molecule has 0 aliphatic heterocycles. The molecule has 0 spiro atoms. The van der Waals surface area contributed by atoms with E-state index in [4.69, 9.17) is 4.74 Å². The van der Waals surface area contributed by atoms with Crippen LogP contribution in [0.5, 0.6) is 5.75 Å². The van der Waals surface area contributed by atoms with Crippen molar-refractivity contribution in [3.05, 3.63) is 53.8 Å². The number of carbonyl (C=O) groups excluding carboxylic acids is 1. The topological polar surface area (TPSA) is 81.9 Å². The first-order chi connectivity index (χ1) is 12.6. The molecule has 0 saturated carbocycles. The van der Waals surface area contributed by atoms with Gasteiger partial charge in [0.1, 0.15) is 17.3 Å². The summed E-state index contributed by atoms with van der Waals surface area (Å²) >= 11 is 1.19. The average Bonchev–Trinajstić information content (AvgIpc) is 3.10. The molecule has 1 N–H and O–H groups in total. The molecule has 1 heterocycles. The minimum atomic E-state index is -0.342. The van der Waals surface area contributed by atoms with Gasteiger partial charge < -0.3 is 10.1 Å². The molecule has 0 unspecified atom stereocenters. The van der Waals surface area contributed by atoms with Gasteiger partial charge in [0.2, 0.25) is 11.1 Å². The highest BCUT2D eigenvalue weighted by atomic mass is 32.2. The number of anilines is 1. The van der Waals surface area contributed by atoms with Gasteiger partial charge in [0, 0.05) is 5.69 Å². The number of methoxy groups -OCH3 is 1. The molecule has 3 aromatic rings. The number of carbonyl (C=O) groups is 1. The van der Waals surface area contributed by atoms with Crippen molar-refractivity contribution in [3.63, 3.8) is 0 Å². The first kappa shape index (κ1) is 17.9. The van der Waals surface area contributed by atoms with Crippen LogP contribution in [0, 0.1) is 12.7 Å². The number of aromatic nitrogens is 4. The van der Waals surface area contributed by atoms with Gasteiger partial charge in [-0.25, -0.2) is 4.39 Å². The van der Waals surface area contributed by atoms with Crippen molar-refractivity contribution >= 4 is 23.4 Å². The highest BCUT2D eigenvalue weighted by Gasteiger charge is 2.15. The van der Waals surface area contributed by atoms with E-state index >= 15 is 0 Å². The van der Waals surface area contributed by atoms with E-state index in [0.717, 1.165) is 0 Å². The fraction of sp³-hybridized carbons (Fsp3) is 0.176. The highest BCUT2D eigenvalue weighted by Crippen LogP contribution is 2.25. The van der Waals surface area contributed by atoms with Crippen molar-refractivity contribution in [1.82, 2.24) is 20.2 Å². The molecule has 1 aromatic heterocycles. The summed E-state index contributed by atoms with van der Waals surface area (Å²) in [7, 11) is 1.56. The highest BCUT2D eigenvalue weighted by molar-refractivity contribution is 7.99. The number of halogens is 1. The summed E-state index contributed by atoms with van der Waals surface area (Å²) in [5.74, 6) is 0.143. The van der Waals surface area contributed by atoms with Crippen molar-refractivity contribution < 1.29 is 13.9 Å². The summed E-state index contributed by atoms with van der Waals surface area (Å²) in [6.45, 7) is 1.73. The predicted octanol–water partition coefficient (Wildman–Crippen LogP) is 2.85. The smallest absolute Gasteiger partial charge is 0.234 e. The molecule has 0 aliphatic rings.